The molecule has 1 N–H and O–H groups in total. The summed E-state index contributed by atoms with van der Waals surface area (Å²) >= 11 is 0. The zero-order chi connectivity index (χ0) is 20.0. The van der Waals surface area contributed by atoms with Gasteiger partial charge in [-0.25, -0.2) is 4.68 Å². The van der Waals surface area contributed by atoms with Gasteiger partial charge in [0.05, 0.1) is 25.2 Å². The second-order valence-corrected chi connectivity index (χ2v) is 7.72. The highest BCUT2D eigenvalue weighted by Crippen LogP contribution is 2.39. The van der Waals surface area contributed by atoms with Gasteiger partial charge in [0, 0.05) is 17.7 Å². The van der Waals surface area contributed by atoms with Crippen molar-refractivity contribution in [3.8, 4) is 11.6 Å². The fourth-order valence-electron chi connectivity index (χ4n) is 4.73. The highest BCUT2D eigenvalue weighted by Gasteiger charge is 2.49. The van der Waals surface area contributed by atoms with Crippen LogP contribution in [0.15, 0.2) is 30.3 Å². The molecule has 2 bridgehead atoms. The van der Waals surface area contributed by atoms with Crippen LogP contribution in [0.25, 0.3) is 0 Å². The topological polar surface area (TPSA) is 85.7 Å². The molecule has 0 saturated carbocycles. The number of rotatable bonds is 5. The van der Waals surface area contributed by atoms with Crippen molar-refractivity contribution < 1.29 is 19.1 Å². The van der Waals surface area contributed by atoms with Crippen LogP contribution >= 0.6 is 0 Å². The number of amides is 2. The fraction of sp³-hybridized carbons (Fsp3) is 0.476. The molecule has 0 aliphatic carbocycles. The van der Waals surface area contributed by atoms with E-state index in [1.165, 1.54) is 0 Å². The summed E-state index contributed by atoms with van der Waals surface area (Å²) in [5.74, 6) is 1.21. The SMILES string of the molecule is CCOc1ccc(C(=O)N[C@@H]2C[C@@H]3CC[C@H]2N3C(=O)c2cc3n(n2)CCO3)cc1. The molecule has 2 amide bonds. The minimum atomic E-state index is -0.118. The number of benzene rings is 1. The van der Waals surface area contributed by atoms with Crippen LogP contribution in [0.5, 0.6) is 11.6 Å². The Morgan fingerprint density at radius 2 is 2.10 bits per heavy atom. The number of hydrogen-bond donors (Lipinski definition) is 1. The third kappa shape index (κ3) is 3.12. The zero-order valence-electron chi connectivity index (χ0n) is 16.3. The average molecular weight is 396 g/mol. The highest BCUT2D eigenvalue weighted by atomic mass is 16.5. The van der Waals surface area contributed by atoms with Gasteiger partial charge in [0.1, 0.15) is 12.4 Å². The van der Waals surface area contributed by atoms with Crippen LogP contribution in [-0.2, 0) is 6.54 Å². The zero-order valence-corrected chi connectivity index (χ0v) is 16.3. The van der Waals surface area contributed by atoms with Gasteiger partial charge in [0.25, 0.3) is 11.8 Å². The van der Waals surface area contributed by atoms with Crippen LogP contribution in [0.4, 0.5) is 0 Å². The van der Waals surface area contributed by atoms with E-state index in [-0.39, 0.29) is 29.9 Å². The number of nitrogens with zero attached hydrogens (tertiary/aromatic N) is 3. The van der Waals surface area contributed by atoms with Gasteiger partial charge in [0.15, 0.2) is 5.69 Å². The van der Waals surface area contributed by atoms with Crippen LogP contribution in [-0.4, -0.2) is 57.8 Å². The van der Waals surface area contributed by atoms with E-state index in [0.29, 0.717) is 36.9 Å². The summed E-state index contributed by atoms with van der Waals surface area (Å²) in [7, 11) is 0. The van der Waals surface area contributed by atoms with Crippen molar-refractivity contribution in [1.82, 2.24) is 20.0 Å². The first-order valence-corrected chi connectivity index (χ1v) is 10.2. The van der Waals surface area contributed by atoms with E-state index < -0.39 is 0 Å². The summed E-state index contributed by atoms with van der Waals surface area (Å²) in [6.45, 7) is 3.79. The van der Waals surface area contributed by atoms with E-state index in [0.717, 1.165) is 25.0 Å². The van der Waals surface area contributed by atoms with E-state index in [2.05, 4.69) is 10.4 Å². The summed E-state index contributed by atoms with van der Waals surface area (Å²) in [5.41, 5.74) is 1.02. The van der Waals surface area contributed by atoms with Gasteiger partial charge in [-0.3, -0.25) is 9.59 Å². The Bertz CT molecular complexity index is 917. The molecule has 3 aliphatic rings. The normalized spacial score (nSPS) is 24.3. The van der Waals surface area contributed by atoms with E-state index >= 15 is 0 Å². The highest BCUT2D eigenvalue weighted by molar-refractivity contribution is 5.95. The fourth-order valence-corrected chi connectivity index (χ4v) is 4.73. The monoisotopic (exact) mass is 396 g/mol. The molecule has 5 rings (SSSR count). The molecule has 2 fully saturated rings. The third-order valence-electron chi connectivity index (χ3n) is 6.03. The third-order valence-corrected chi connectivity index (χ3v) is 6.03. The molecule has 2 aromatic rings. The maximum atomic E-state index is 13.1. The lowest BCUT2D eigenvalue weighted by Gasteiger charge is -2.24. The molecule has 8 heteroatoms. The number of fused-ring (bicyclic) bond motifs is 3. The van der Waals surface area contributed by atoms with E-state index in [1.54, 1.807) is 35.0 Å². The molecule has 3 aliphatic heterocycles. The molecule has 4 heterocycles. The number of nitrogens with one attached hydrogen (secondary N) is 1. The van der Waals surface area contributed by atoms with Gasteiger partial charge >= 0.3 is 0 Å². The van der Waals surface area contributed by atoms with Crippen molar-refractivity contribution in [1.29, 1.82) is 0 Å². The van der Waals surface area contributed by atoms with Gasteiger partial charge in [-0.2, -0.15) is 5.10 Å². The number of aromatic nitrogens is 2. The van der Waals surface area contributed by atoms with Crippen LogP contribution < -0.4 is 14.8 Å². The molecule has 1 aromatic carbocycles. The van der Waals surface area contributed by atoms with Gasteiger partial charge in [-0.15, -0.1) is 0 Å². The van der Waals surface area contributed by atoms with Gasteiger partial charge < -0.3 is 19.7 Å². The second-order valence-electron chi connectivity index (χ2n) is 7.72. The minimum absolute atomic E-state index is 0.0107. The smallest absolute Gasteiger partial charge is 0.275 e. The Balaban J connectivity index is 1.27. The first-order valence-electron chi connectivity index (χ1n) is 10.2. The molecule has 29 heavy (non-hydrogen) atoms. The first-order chi connectivity index (χ1) is 14.1. The van der Waals surface area contributed by atoms with E-state index in [4.69, 9.17) is 9.47 Å². The second kappa shape index (κ2) is 7.09. The summed E-state index contributed by atoms with van der Waals surface area (Å²) in [6, 6.07) is 8.98. The molecule has 0 spiro atoms. The van der Waals surface area contributed by atoms with Gasteiger partial charge in [0.2, 0.25) is 5.88 Å². The van der Waals surface area contributed by atoms with Crippen molar-refractivity contribution in [2.75, 3.05) is 13.2 Å². The quantitative estimate of drug-likeness (QED) is 0.834. The lowest BCUT2D eigenvalue weighted by atomic mass is 9.95. The standard InChI is InChI=1S/C21H24N4O4/c1-2-28-15-6-3-13(4-7-15)20(26)22-16-11-14-5-8-18(16)25(14)21(27)17-12-19-24(23-17)9-10-29-19/h3-4,6-7,12,14,16,18H,2,5,8-11H2,1H3,(H,22,26)/t14-,16+,18+/m0/s1. The summed E-state index contributed by atoms with van der Waals surface area (Å²) in [4.78, 5) is 27.7. The van der Waals surface area contributed by atoms with Crippen molar-refractivity contribution in [2.45, 2.75) is 50.9 Å². The lowest BCUT2D eigenvalue weighted by Crippen LogP contribution is -2.45. The number of hydrogen-bond acceptors (Lipinski definition) is 5. The molecule has 0 radical (unpaired) electrons. The number of ether oxygens (including phenoxy) is 2. The number of carbonyl (C=O) groups is 2. The van der Waals surface area contributed by atoms with Crippen molar-refractivity contribution >= 4 is 11.8 Å². The van der Waals surface area contributed by atoms with E-state index in [1.807, 2.05) is 11.8 Å². The molecule has 1 aromatic heterocycles. The molecular formula is C21H24N4O4. The molecule has 8 nitrogen and oxygen atoms in total. The summed E-state index contributed by atoms with van der Waals surface area (Å²) < 4.78 is 12.6. The van der Waals surface area contributed by atoms with Crippen LogP contribution in [0.2, 0.25) is 0 Å². The van der Waals surface area contributed by atoms with Crippen LogP contribution in [0.3, 0.4) is 0 Å². The largest absolute Gasteiger partial charge is 0.494 e. The van der Waals surface area contributed by atoms with E-state index in [9.17, 15) is 9.59 Å². The summed E-state index contributed by atoms with van der Waals surface area (Å²) in [5, 5.41) is 7.52. The van der Waals surface area contributed by atoms with Crippen LogP contribution in [0, 0.1) is 0 Å². The Hall–Kier alpha value is -3.03. The van der Waals surface area contributed by atoms with Crippen molar-refractivity contribution in [3.05, 3.63) is 41.6 Å². The first kappa shape index (κ1) is 18.0. The Kier molecular flexibility index (Phi) is 4.41. The van der Waals surface area contributed by atoms with Gasteiger partial charge in [-0.1, -0.05) is 0 Å². The Morgan fingerprint density at radius 3 is 2.86 bits per heavy atom. The van der Waals surface area contributed by atoms with Gasteiger partial charge in [-0.05, 0) is 50.5 Å². The lowest BCUT2D eigenvalue weighted by molar-refractivity contribution is 0.0709. The maximum absolute atomic E-state index is 13.1. The summed E-state index contributed by atoms with van der Waals surface area (Å²) in [6.07, 6.45) is 2.65. The Morgan fingerprint density at radius 1 is 1.28 bits per heavy atom. The number of carbonyl (C=O) groups excluding carboxylic acids is 2. The average Bonchev–Trinajstić information content (AvgIpc) is 3.48. The predicted octanol–water partition coefficient (Wildman–Crippen LogP) is 1.85. The van der Waals surface area contributed by atoms with Crippen LogP contribution in [0.1, 0.15) is 47.0 Å². The Labute approximate surface area is 168 Å². The molecule has 2 saturated heterocycles. The molecule has 0 unspecified atom stereocenters. The molecular weight excluding hydrogens is 372 g/mol. The predicted molar refractivity (Wildman–Crippen MR) is 104 cm³/mol. The molecule has 152 valence electrons. The van der Waals surface area contributed by atoms with Crippen molar-refractivity contribution in [2.24, 2.45) is 0 Å². The minimum Gasteiger partial charge on any atom is -0.494 e. The van der Waals surface area contributed by atoms with Crippen molar-refractivity contribution in [3.63, 3.8) is 0 Å². The molecule has 3 atom stereocenters. The maximum Gasteiger partial charge on any atom is 0.275 e.